The number of rotatable bonds is 0. The largest absolute Gasteiger partial charge is 0.377 e. The van der Waals surface area contributed by atoms with Crippen LogP contribution in [0.2, 0.25) is 0 Å². The van der Waals surface area contributed by atoms with E-state index in [1.54, 1.807) is 0 Å². The Kier molecular flexibility index (Phi) is 2.60. The van der Waals surface area contributed by atoms with Crippen LogP contribution in [0.3, 0.4) is 0 Å². The van der Waals surface area contributed by atoms with E-state index in [0.29, 0.717) is 0 Å². The van der Waals surface area contributed by atoms with E-state index in [1.807, 2.05) is 32.1 Å². The van der Waals surface area contributed by atoms with Gasteiger partial charge in [-0.25, -0.2) is 0 Å². The van der Waals surface area contributed by atoms with Crippen molar-refractivity contribution < 1.29 is 4.79 Å². The molecule has 2 fully saturated rings. The number of fused-ring (bicyclic) bond motifs is 1. The summed E-state index contributed by atoms with van der Waals surface area (Å²) in [4.78, 5) is 14.4. The monoisotopic (exact) mass is 255 g/mol. The van der Waals surface area contributed by atoms with Gasteiger partial charge in [0.15, 0.2) is 5.78 Å². The van der Waals surface area contributed by atoms with Crippen molar-refractivity contribution in [3.05, 3.63) is 46.7 Å². The van der Waals surface area contributed by atoms with E-state index < -0.39 is 0 Å². The summed E-state index contributed by atoms with van der Waals surface area (Å²) in [6, 6.07) is 6.27. The number of likely N-dealkylation sites (N-methyl/N-ethyl adjacent to an activating group) is 1. The number of benzene rings is 1. The van der Waals surface area contributed by atoms with Crippen LogP contribution in [-0.4, -0.2) is 24.3 Å². The van der Waals surface area contributed by atoms with Gasteiger partial charge in [0.25, 0.3) is 0 Å². The van der Waals surface area contributed by atoms with Crippen molar-refractivity contribution in [3.8, 4) is 0 Å². The maximum Gasteiger partial charge on any atom is 0.187 e. The molecule has 0 N–H and O–H groups in total. The van der Waals surface area contributed by atoms with Gasteiger partial charge in [0, 0.05) is 36.3 Å². The lowest BCUT2D eigenvalue weighted by atomic mass is 9.81. The van der Waals surface area contributed by atoms with Gasteiger partial charge in [0.05, 0.1) is 0 Å². The van der Waals surface area contributed by atoms with E-state index >= 15 is 0 Å². The summed E-state index contributed by atoms with van der Waals surface area (Å²) < 4.78 is 0. The molecule has 2 unspecified atom stereocenters. The van der Waals surface area contributed by atoms with Gasteiger partial charge >= 0.3 is 0 Å². The smallest absolute Gasteiger partial charge is 0.187 e. The molecule has 1 heterocycles. The fraction of sp³-hybridized carbons (Fsp3) is 0.471. The molecule has 0 aromatic heterocycles. The van der Waals surface area contributed by atoms with Gasteiger partial charge in [-0.2, -0.15) is 0 Å². The Morgan fingerprint density at radius 2 is 2.05 bits per heavy atom. The first-order valence-electron chi connectivity index (χ1n) is 7.22. The predicted molar refractivity (Wildman–Crippen MR) is 77.4 cm³/mol. The third kappa shape index (κ3) is 1.46. The van der Waals surface area contributed by atoms with Crippen molar-refractivity contribution in [2.24, 2.45) is 5.92 Å². The molecule has 1 spiro atoms. The molecule has 2 atom stereocenters. The van der Waals surface area contributed by atoms with Crippen LogP contribution in [0.5, 0.6) is 0 Å². The molecule has 1 saturated heterocycles. The Hall–Kier alpha value is -1.57. The number of carbonyl (C=O) groups is 1. The van der Waals surface area contributed by atoms with Crippen molar-refractivity contribution in [3.63, 3.8) is 0 Å². The summed E-state index contributed by atoms with van der Waals surface area (Å²) in [5.74, 6) is 0.910. The first kappa shape index (κ1) is 12.5. The number of carbonyl (C=O) groups excluding carboxylic acids is 1. The summed E-state index contributed by atoms with van der Waals surface area (Å²) in [5.41, 5.74) is 4.92. The Labute approximate surface area is 115 Å². The summed E-state index contributed by atoms with van der Waals surface area (Å²) in [6.07, 6.45) is 3.09. The molecular formula is C17H21NO. The number of ketones is 1. The lowest BCUT2D eigenvalue weighted by Gasteiger charge is -2.28. The summed E-state index contributed by atoms with van der Waals surface area (Å²) in [5, 5.41) is 0. The Bertz CT molecular complexity index is 587. The quantitative estimate of drug-likeness (QED) is 0.709. The van der Waals surface area contributed by atoms with Gasteiger partial charge in [-0.15, -0.1) is 0 Å². The molecule has 19 heavy (non-hydrogen) atoms. The molecule has 1 aromatic rings. The van der Waals surface area contributed by atoms with Crippen LogP contribution < -0.4 is 0 Å². The Morgan fingerprint density at radius 3 is 2.79 bits per heavy atom. The lowest BCUT2D eigenvalue weighted by molar-refractivity contribution is 0.103. The van der Waals surface area contributed by atoms with Gasteiger partial charge in [0.2, 0.25) is 0 Å². The molecular weight excluding hydrogens is 234 g/mol. The van der Waals surface area contributed by atoms with E-state index in [0.717, 1.165) is 18.0 Å². The number of likely N-dealkylation sites (tertiary alicyclic amines) is 1. The highest BCUT2D eigenvalue weighted by atomic mass is 16.1. The van der Waals surface area contributed by atoms with Crippen molar-refractivity contribution in [1.82, 2.24) is 4.90 Å². The van der Waals surface area contributed by atoms with E-state index in [-0.39, 0.29) is 11.2 Å². The topological polar surface area (TPSA) is 20.3 Å². The highest BCUT2D eigenvalue weighted by Gasteiger charge is 2.65. The second kappa shape index (κ2) is 3.96. The van der Waals surface area contributed by atoms with Crippen LogP contribution in [0.4, 0.5) is 0 Å². The second-order valence-electron chi connectivity index (χ2n) is 5.70. The molecule has 1 aliphatic heterocycles. The third-order valence-corrected chi connectivity index (χ3v) is 4.66. The highest BCUT2D eigenvalue weighted by Crippen LogP contribution is 2.66. The standard InChI is InChI=1S/C15H15NO.C2H6/c1-9-3-4-11-12(5-9)15-7-10(15)8-16(2)14(15)6-13(11)17;1-2/h3-6,10H,7-8H2,1-2H3;1-2H3. The summed E-state index contributed by atoms with van der Waals surface area (Å²) in [6.45, 7) is 7.21. The average molecular weight is 255 g/mol. The zero-order valence-corrected chi connectivity index (χ0v) is 12.2. The average Bonchev–Trinajstić information content (AvgIpc) is 3.04. The number of allylic oxidation sites excluding steroid dienone is 2. The zero-order valence-electron chi connectivity index (χ0n) is 12.2. The minimum Gasteiger partial charge on any atom is -0.377 e. The summed E-state index contributed by atoms with van der Waals surface area (Å²) in [7, 11) is 2.10. The second-order valence-corrected chi connectivity index (χ2v) is 5.70. The van der Waals surface area contributed by atoms with Crippen LogP contribution in [0.1, 0.15) is 41.8 Å². The highest BCUT2D eigenvalue weighted by molar-refractivity contribution is 6.08. The van der Waals surface area contributed by atoms with Crippen LogP contribution in [0, 0.1) is 12.8 Å². The summed E-state index contributed by atoms with van der Waals surface area (Å²) >= 11 is 0. The first-order chi connectivity index (χ1) is 9.13. The van der Waals surface area contributed by atoms with E-state index in [9.17, 15) is 4.79 Å². The van der Waals surface area contributed by atoms with Gasteiger partial charge in [-0.3, -0.25) is 4.79 Å². The van der Waals surface area contributed by atoms with Gasteiger partial charge < -0.3 is 4.90 Å². The minimum absolute atomic E-state index is 0.181. The Morgan fingerprint density at radius 1 is 1.32 bits per heavy atom. The molecule has 4 rings (SSSR count). The number of piperidine rings is 1. The fourth-order valence-corrected chi connectivity index (χ4v) is 3.78. The molecule has 0 bridgehead atoms. The van der Waals surface area contributed by atoms with Crippen LogP contribution in [0.25, 0.3) is 0 Å². The maximum absolute atomic E-state index is 12.1. The Balaban J connectivity index is 0.000000528. The van der Waals surface area contributed by atoms with Crippen molar-refractivity contribution in [1.29, 1.82) is 0 Å². The van der Waals surface area contributed by atoms with Crippen molar-refractivity contribution in [2.75, 3.05) is 13.6 Å². The minimum atomic E-state index is 0.181. The van der Waals surface area contributed by atoms with Crippen LogP contribution in [0.15, 0.2) is 30.0 Å². The van der Waals surface area contributed by atoms with Gasteiger partial charge in [-0.1, -0.05) is 37.6 Å². The molecule has 1 saturated carbocycles. The normalized spacial score (nSPS) is 29.7. The SMILES string of the molecule is CC.Cc1ccc2c(c1)C13CC1CN(C)C3=CC2=O. The van der Waals surface area contributed by atoms with Crippen LogP contribution in [-0.2, 0) is 5.41 Å². The first-order valence-corrected chi connectivity index (χ1v) is 7.22. The van der Waals surface area contributed by atoms with Crippen LogP contribution >= 0.6 is 0 Å². The number of nitrogens with zero attached hydrogens (tertiary/aromatic N) is 1. The molecule has 2 nitrogen and oxygen atoms in total. The van der Waals surface area contributed by atoms with E-state index in [1.165, 1.54) is 23.2 Å². The van der Waals surface area contributed by atoms with Crippen molar-refractivity contribution >= 4 is 5.78 Å². The van der Waals surface area contributed by atoms with Crippen molar-refractivity contribution in [2.45, 2.75) is 32.6 Å². The predicted octanol–water partition coefficient (Wildman–Crippen LogP) is 3.30. The lowest BCUT2D eigenvalue weighted by Crippen LogP contribution is -2.26. The molecule has 3 aliphatic rings. The molecule has 0 radical (unpaired) electrons. The van der Waals surface area contributed by atoms with E-state index in [4.69, 9.17) is 0 Å². The third-order valence-electron chi connectivity index (χ3n) is 4.66. The van der Waals surface area contributed by atoms with E-state index in [2.05, 4.69) is 24.9 Å². The fourth-order valence-electron chi connectivity index (χ4n) is 3.78. The van der Waals surface area contributed by atoms with Gasteiger partial charge in [0.1, 0.15) is 0 Å². The number of aryl methyl sites for hydroxylation is 1. The molecule has 2 aliphatic carbocycles. The number of hydrogen-bond acceptors (Lipinski definition) is 2. The molecule has 2 heteroatoms. The maximum atomic E-state index is 12.1. The zero-order chi connectivity index (χ0) is 13.8. The molecule has 100 valence electrons. The molecule has 1 aromatic carbocycles. The van der Waals surface area contributed by atoms with Gasteiger partial charge in [-0.05, 0) is 24.8 Å². The number of hydrogen-bond donors (Lipinski definition) is 0. The molecule has 0 amide bonds.